The van der Waals surface area contributed by atoms with Gasteiger partial charge in [-0.1, -0.05) is 26.3 Å². The minimum Gasteiger partial charge on any atom is -0.496 e. The first-order valence-electron chi connectivity index (χ1n) is 8.05. The molecule has 1 aliphatic rings. The van der Waals surface area contributed by atoms with Crippen LogP contribution >= 0.6 is 0 Å². The van der Waals surface area contributed by atoms with E-state index < -0.39 is 0 Å². The molecule has 0 bridgehead atoms. The number of anilines is 1. The Balaban J connectivity index is 2.09. The first-order chi connectivity index (χ1) is 9.65. The molecule has 1 fully saturated rings. The quantitative estimate of drug-likeness (QED) is 0.795. The number of nitrogens with zero attached hydrogens (tertiary/aromatic N) is 1. The molecule has 0 saturated carbocycles. The van der Waals surface area contributed by atoms with E-state index in [-0.39, 0.29) is 0 Å². The van der Waals surface area contributed by atoms with Crippen LogP contribution in [0.5, 0.6) is 5.75 Å². The van der Waals surface area contributed by atoms with Crippen LogP contribution in [-0.2, 0) is 0 Å². The average Bonchev–Trinajstić information content (AvgIpc) is 2.45. The van der Waals surface area contributed by atoms with Crippen molar-refractivity contribution in [2.45, 2.75) is 46.5 Å². The Labute approximate surface area is 124 Å². The molecule has 2 atom stereocenters. The van der Waals surface area contributed by atoms with Crippen LogP contribution in [-0.4, -0.2) is 20.2 Å². The van der Waals surface area contributed by atoms with E-state index in [9.17, 15) is 0 Å². The molecular formula is C18H29NO. The maximum atomic E-state index is 5.46. The predicted octanol–water partition coefficient (Wildman–Crippen LogP) is 4.66. The lowest BCUT2D eigenvalue weighted by atomic mass is 9.84. The van der Waals surface area contributed by atoms with Gasteiger partial charge in [0.05, 0.1) is 7.11 Å². The van der Waals surface area contributed by atoms with Gasteiger partial charge in [-0.05, 0) is 49.7 Å². The van der Waals surface area contributed by atoms with Gasteiger partial charge in [-0.2, -0.15) is 0 Å². The summed E-state index contributed by atoms with van der Waals surface area (Å²) in [6, 6.07) is 6.60. The van der Waals surface area contributed by atoms with Crippen LogP contribution in [0.2, 0.25) is 0 Å². The zero-order valence-corrected chi connectivity index (χ0v) is 13.5. The normalized spacial score (nSPS) is 24.1. The molecule has 1 aliphatic heterocycles. The van der Waals surface area contributed by atoms with Gasteiger partial charge in [0.25, 0.3) is 0 Å². The zero-order valence-electron chi connectivity index (χ0n) is 13.5. The van der Waals surface area contributed by atoms with Crippen LogP contribution in [0.3, 0.4) is 0 Å². The lowest BCUT2D eigenvalue weighted by Gasteiger charge is -2.33. The van der Waals surface area contributed by atoms with Crippen molar-refractivity contribution >= 4 is 5.69 Å². The standard InChI is InChI=1S/C18H29NO/c1-5-16-7-6-11-19(12-10-14(16)2)17-9-8-15(3)18(13-17)20-4/h8-9,13-14,16H,5-7,10-12H2,1-4H3. The fourth-order valence-corrected chi connectivity index (χ4v) is 3.41. The summed E-state index contributed by atoms with van der Waals surface area (Å²) in [7, 11) is 1.76. The molecule has 0 spiro atoms. The number of hydrogen-bond acceptors (Lipinski definition) is 2. The summed E-state index contributed by atoms with van der Waals surface area (Å²) in [5.74, 6) is 2.77. The fraction of sp³-hybridized carbons (Fsp3) is 0.667. The van der Waals surface area contributed by atoms with Gasteiger partial charge in [0.15, 0.2) is 0 Å². The maximum Gasteiger partial charge on any atom is 0.123 e. The van der Waals surface area contributed by atoms with E-state index >= 15 is 0 Å². The molecule has 0 aromatic heterocycles. The van der Waals surface area contributed by atoms with E-state index in [0.29, 0.717) is 0 Å². The van der Waals surface area contributed by atoms with Crippen LogP contribution in [0.4, 0.5) is 5.69 Å². The molecule has 112 valence electrons. The van der Waals surface area contributed by atoms with Gasteiger partial charge < -0.3 is 9.64 Å². The number of methoxy groups -OCH3 is 1. The molecule has 0 amide bonds. The Morgan fingerprint density at radius 3 is 2.75 bits per heavy atom. The minimum absolute atomic E-state index is 0.843. The molecule has 2 nitrogen and oxygen atoms in total. The molecule has 2 heteroatoms. The maximum absolute atomic E-state index is 5.46. The van der Waals surface area contributed by atoms with E-state index in [2.05, 4.69) is 43.9 Å². The fourth-order valence-electron chi connectivity index (χ4n) is 3.41. The molecule has 0 N–H and O–H groups in total. The van der Waals surface area contributed by atoms with Crippen molar-refractivity contribution < 1.29 is 4.74 Å². The van der Waals surface area contributed by atoms with Gasteiger partial charge in [0.2, 0.25) is 0 Å². The topological polar surface area (TPSA) is 12.5 Å². The third-order valence-corrected chi connectivity index (χ3v) is 4.94. The third kappa shape index (κ3) is 3.47. The van der Waals surface area contributed by atoms with Crippen molar-refractivity contribution in [1.82, 2.24) is 0 Å². The smallest absolute Gasteiger partial charge is 0.123 e. The highest BCUT2D eigenvalue weighted by molar-refractivity contribution is 5.53. The van der Waals surface area contributed by atoms with Crippen molar-refractivity contribution in [3.05, 3.63) is 23.8 Å². The summed E-state index contributed by atoms with van der Waals surface area (Å²) < 4.78 is 5.46. The van der Waals surface area contributed by atoms with E-state index in [0.717, 1.165) is 17.6 Å². The second-order valence-corrected chi connectivity index (χ2v) is 6.22. The van der Waals surface area contributed by atoms with Gasteiger partial charge in [-0.15, -0.1) is 0 Å². The highest BCUT2D eigenvalue weighted by Crippen LogP contribution is 2.30. The Morgan fingerprint density at radius 1 is 1.25 bits per heavy atom. The lowest BCUT2D eigenvalue weighted by Crippen LogP contribution is -2.31. The number of ether oxygens (including phenoxy) is 1. The van der Waals surface area contributed by atoms with Crippen molar-refractivity contribution in [3.8, 4) is 5.75 Å². The Bertz CT molecular complexity index is 429. The summed E-state index contributed by atoms with van der Waals surface area (Å²) in [4.78, 5) is 2.53. The van der Waals surface area contributed by atoms with Crippen molar-refractivity contribution in [3.63, 3.8) is 0 Å². The molecule has 1 aromatic rings. The van der Waals surface area contributed by atoms with Crippen LogP contribution in [0.1, 0.15) is 45.1 Å². The molecule has 2 rings (SSSR count). The van der Waals surface area contributed by atoms with Gasteiger partial charge in [0, 0.05) is 24.8 Å². The van der Waals surface area contributed by atoms with Gasteiger partial charge in [0.1, 0.15) is 5.75 Å². The van der Waals surface area contributed by atoms with Crippen molar-refractivity contribution in [1.29, 1.82) is 0 Å². The van der Waals surface area contributed by atoms with Crippen LogP contribution < -0.4 is 9.64 Å². The number of hydrogen-bond donors (Lipinski definition) is 0. The van der Waals surface area contributed by atoms with Gasteiger partial charge >= 0.3 is 0 Å². The van der Waals surface area contributed by atoms with Crippen LogP contribution in [0.15, 0.2) is 18.2 Å². The van der Waals surface area contributed by atoms with E-state index in [4.69, 9.17) is 4.74 Å². The molecule has 2 unspecified atom stereocenters. The summed E-state index contributed by atoms with van der Waals surface area (Å²) in [5, 5.41) is 0. The second-order valence-electron chi connectivity index (χ2n) is 6.22. The molecule has 0 aliphatic carbocycles. The first-order valence-corrected chi connectivity index (χ1v) is 8.05. The Kier molecular flexibility index (Phi) is 5.33. The Hall–Kier alpha value is -1.18. The number of benzene rings is 1. The van der Waals surface area contributed by atoms with Crippen molar-refractivity contribution in [2.24, 2.45) is 11.8 Å². The van der Waals surface area contributed by atoms with Gasteiger partial charge in [-0.25, -0.2) is 0 Å². The van der Waals surface area contributed by atoms with Crippen molar-refractivity contribution in [2.75, 3.05) is 25.1 Å². The number of aryl methyl sites for hydroxylation is 1. The SMILES string of the molecule is CCC1CCCN(c2ccc(C)c(OC)c2)CCC1C. The summed E-state index contributed by atoms with van der Waals surface area (Å²) in [5.41, 5.74) is 2.53. The zero-order chi connectivity index (χ0) is 14.5. The lowest BCUT2D eigenvalue weighted by molar-refractivity contribution is 0.291. The predicted molar refractivity (Wildman–Crippen MR) is 86.7 cm³/mol. The highest BCUT2D eigenvalue weighted by atomic mass is 16.5. The molecule has 1 heterocycles. The molecule has 1 aromatic carbocycles. The first kappa shape index (κ1) is 15.2. The second kappa shape index (κ2) is 7.01. The molecular weight excluding hydrogens is 246 g/mol. The van der Waals surface area contributed by atoms with Crippen LogP contribution in [0.25, 0.3) is 0 Å². The summed E-state index contributed by atoms with van der Waals surface area (Å²) >= 11 is 0. The summed E-state index contributed by atoms with van der Waals surface area (Å²) in [6.45, 7) is 9.21. The minimum atomic E-state index is 0.843. The van der Waals surface area contributed by atoms with Gasteiger partial charge in [-0.3, -0.25) is 0 Å². The third-order valence-electron chi connectivity index (χ3n) is 4.94. The molecule has 20 heavy (non-hydrogen) atoms. The Morgan fingerprint density at radius 2 is 2.05 bits per heavy atom. The number of rotatable bonds is 3. The van der Waals surface area contributed by atoms with E-state index in [1.807, 2.05) is 0 Å². The van der Waals surface area contributed by atoms with E-state index in [1.165, 1.54) is 50.0 Å². The van der Waals surface area contributed by atoms with E-state index in [1.54, 1.807) is 7.11 Å². The molecule has 1 saturated heterocycles. The monoisotopic (exact) mass is 275 g/mol. The average molecular weight is 275 g/mol. The highest BCUT2D eigenvalue weighted by Gasteiger charge is 2.20. The molecule has 0 radical (unpaired) electrons. The van der Waals surface area contributed by atoms with Crippen LogP contribution in [0, 0.1) is 18.8 Å². The summed E-state index contributed by atoms with van der Waals surface area (Å²) in [6.07, 6.45) is 5.31. The largest absolute Gasteiger partial charge is 0.496 e.